The third kappa shape index (κ3) is 9.62. The smallest absolute Gasteiger partial charge is 0.187 e. The molecule has 0 saturated carbocycles. The molecule has 5 fully saturated rings. The van der Waals surface area contributed by atoms with Crippen LogP contribution < -0.4 is 0 Å². The SMILES string of the molecule is CO[C@H]1C[C@H](O[C@H]2[C@@H](OC)C[C@H](O)O[C@@H]2C)O[C@H](C)[C@H]1O[C@H]1C[C@@H](OC)[C@H](O[C@H]2C[C@H](OC)[C@H](O[C@@H]3O[C@H](CO)[C@@H](O)[C@H](O)[C@H]3O)[C@@H](C)O2)[C@@H](C)O1. The van der Waals surface area contributed by atoms with Gasteiger partial charge in [0.2, 0.25) is 0 Å². The van der Waals surface area contributed by atoms with E-state index in [0.717, 1.165) is 0 Å². The predicted octanol–water partition coefficient (Wildman–Crippen LogP) is -1.08. The monoisotopic (exact) mass is 756 g/mol. The number of aliphatic hydroxyl groups excluding tert-OH is 5. The van der Waals surface area contributed by atoms with Crippen molar-refractivity contribution in [3.05, 3.63) is 0 Å². The van der Waals surface area contributed by atoms with Crippen molar-refractivity contribution in [2.45, 2.75) is 182 Å². The van der Waals surface area contributed by atoms with Gasteiger partial charge >= 0.3 is 0 Å². The number of hydrogen-bond donors (Lipinski definition) is 5. The molecule has 5 N–H and O–H groups in total. The molecule has 0 bridgehead atoms. The first kappa shape index (κ1) is 42.4. The Kier molecular flexibility index (Phi) is 15.5. The fourth-order valence-electron chi connectivity index (χ4n) is 7.85. The van der Waals surface area contributed by atoms with Crippen molar-refractivity contribution in [2.24, 2.45) is 0 Å². The van der Waals surface area contributed by atoms with Gasteiger partial charge in [-0.3, -0.25) is 0 Å². The Bertz CT molecular complexity index is 1070. The van der Waals surface area contributed by atoms with Gasteiger partial charge in [0.05, 0.1) is 55.4 Å². The lowest BCUT2D eigenvalue weighted by atomic mass is 9.97. The van der Waals surface area contributed by atoms with Crippen molar-refractivity contribution >= 4 is 0 Å². The second kappa shape index (κ2) is 18.9. The van der Waals surface area contributed by atoms with Crippen molar-refractivity contribution in [1.29, 1.82) is 0 Å². The number of hydrogen-bond acceptors (Lipinski definition) is 18. The molecule has 5 heterocycles. The van der Waals surface area contributed by atoms with E-state index in [4.69, 9.17) is 61.6 Å². The zero-order valence-corrected chi connectivity index (χ0v) is 31.2. The maximum absolute atomic E-state index is 10.5. The topological polar surface area (TPSA) is 221 Å². The molecule has 5 aliphatic rings. The van der Waals surface area contributed by atoms with Gasteiger partial charge in [-0.25, -0.2) is 0 Å². The zero-order valence-electron chi connectivity index (χ0n) is 31.2. The predicted molar refractivity (Wildman–Crippen MR) is 174 cm³/mol. The van der Waals surface area contributed by atoms with E-state index >= 15 is 0 Å². The van der Waals surface area contributed by atoms with Gasteiger partial charge in [-0.2, -0.15) is 0 Å². The second-order valence-electron chi connectivity index (χ2n) is 14.2. The number of ether oxygens (including phenoxy) is 13. The van der Waals surface area contributed by atoms with Gasteiger partial charge in [0.1, 0.15) is 48.8 Å². The van der Waals surface area contributed by atoms with Crippen LogP contribution >= 0.6 is 0 Å². The Morgan fingerprint density at radius 1 is 0.462 bits per heavy atom. The number of methoxy groups -OCH3 is 4. The van der Waals surface area contributed by atoms with Crippen LogP contribution in [0, 0.1) is 0 Å². The Labute approximate surface area is 304 Å². The molecule has 18 heteroatoms. The fraction of sp³-hybridized carbons (Fsp3) is 1.00. The number of aliphatic hydroxyl groups is 5. The van der Waals surface area contributed by atoms with Crippen LogP contribution in [0.25, 0.3) is 0 Å². The van der Waals surface area contributed by atoms with Gasteiger partial charge in [-0.1, -0.05) is 0 Å². The van der Waals surface area contributed by atoms with Gasteiger partial charge < -0.3 is 87.1 Å². The third-order valence-corrected chi connectivity index (χ3v) is 10.8. The number of rotatable bonds is 13. The largest absolute Gasteiger partial charge is 0.394 e. The molecule has 304 valence electrons. The van der Waals surface area contributed by atoms with Crippen molar-refractivity contribution < 1.29 is 87.1 Å². The molecule has 0 aromatic heterocycles. The molecule has 0 amide bonds. The highest BCUT2D eigenvalue weighted by Crippen LogP contribution is 2.36. The summed E-state index contributed by atoms with van der Waals surface area (Å²) in [4.78, 5) is 0. The summed E-state index contributed by atoms with van der Waals surface area (Å²) in [6.07, 6.45) is -14.6. The van der Waals surface area contributed by atoms with E-state index in [9.17, 15) is 25.5 Å². The average molecular weight is 757 g/mol. The Hall–Kier alpha value is -0.720. The third-order valence-electron chi connectivity index (χ3n) is 10.8. The van der Waals surface area contributed by atoms with Gasteiger partial charge in [-0.15, -0.1) is 0 Å². The van der Waals surface area contributed by atoms with Crippen molar-refractivity contribution in [2.75, 3.05) is 35.0 Å². The average Bonchev–Trinajstić information content (AvgIpc) is 3.11. The molecule has 21 atom stereocenters. The molecular weight excluding hydrogens is 696 g/mol. The van der Waals surface area contributed by atoms with Crippen molar-refractivity contribution in [3.63, 3.8) is 0 Å². The molecule has 0 aromatic rings. The molecule has 0 spiro atoms. The van der Waals surface area contributed by atoms with Crippen LogP contribution in [0.15, 0.2) is 0 Å². The van der Waals surface area contributed by atoms with Crippen LogP contribution in [-0.2, 0) is 61.6 Å². The van der Waals surface area contributed by atoms with E-state index in [2.05, 4.69) is 0 Å². The molecule has 0 aromatic carbocycles. The van der Waals surface area contributed by atoms with E-state index in [-0.39, 0.29) is 25.0 Å². The first-order chi connectivity index (χ1) is 24.8. The summed E-state index contributed by atoms with van der Waals surface area (Å²) in [5.74, 6) is 0. The fourth-order valence-corrected chi connectivity index (χ4v) is 7.85. The summed E-state index contributed by atoms with van der Waals surface area (Å²) < 4.78 is 78.2. The summed E-state index contributed by atoms with van der Waals surface area (Å²) in [6.45, 7) is 6.76. The van der Waals surface area contributed by atoms with E-state index in [0.29, 0.717) is 12.8 Å². The summed E-state index contributed by atoms with van der Waals surface area (Å²) >= 11 is 0. The summed E-state index contributed by atoms with van der Waals surface area (Å²) in [5, 5.41) is 50.4. The van der Waals surface area contributed by atoms with Crippen LogP contribution in [0.2, 0.25) is 0 Å². The van der Waals surface area contributed by atoms with Crippen molar-refractivity contribution in [1.82, 2.24) is 0 Å². The Balaban J connectivity index is 1.15. The van der Waals surface area contributed by atoms with Gasteiger partial charge in [0.25, 0.3) is 0 Å². The highest BCUT2D eigenvalue weighted by molar-refractivity contribution is 4.93. The molecule has 18 nitrogen and oxygen atoms in total. The highest BCUT2D eigenvalue weighted by Gasteiger charge is 2.50. The van der Waals surface area contributed by atoms with Gasteiger partial charge in [0, 0.05) is 54.1 Å². The first-order valence-electron chi connectivity index (χ1n) is 18.2. The van der Waals surface area contributed by atoms with E-state index in [1.165, 1.54) is 7.11 Å². The van der Waals surface area contributed by atoms with Crippen LogP contribution in [0.3, 0.4) is 0 Å². The van der Waals surface area contributed by atoms with E-state index < -0.39 is 124 Å². The molecule has 0 aliphatic carbocycles. The van der Waals surface area contributed by atoms with Crippen LogP contribution in [0.4, 0.5) is 0 Å². The second-order valence-corrected chi connectivity index (χ2v) is 14.2. The minimum absolute atomic E-state index is 0.246. The van der Waals surface area contributed by atoms with Crippen molar-refractivity contribution in [3.8, 4) is 0 Å². The lowest BCUT2D eigenvalue weighted by Crippen LogP contribution is -2.62. The summed E-state index contributed by atoms with van der Waals surface area (Å²) in [6, 6.07) is 0. The lowest BCUT2D eigenvalue weighted by Gasteiger charge is -2.47. The molecular formula is C34H60O18. The van der Waals surface area contributed by atoms with Gasteiger partial charge in [0.15, 0.2) is 31.5 Å². The van der Waals surface area contributed by atoms with E-state index in [1.807, 2.05) is 20.8 Å². The summed E-state index contributed by atoms with van der Waals surface area (Å²) in [5.41, 5.74) is 0. The highest BCUT2D eigenvalue weighted by atomic mass is 16.8. The molecule has 0 radical (unpaired) electrons. The maximum atomic E-state index is 10.5. The van der Waals surface area contributed by atoms with Crippen LogP contribution in [-0.4, -0.2) is 190 Å². The molecule has 5 rings (SSSR count). The maximum Gasteiger partial charge on any atom is 0.187 e. The minimum atomic E-state index is -1.58. The van der Waals surface area contributed by atoms with Gasteiger partial charge in [-0.05, 0) is 27.7 Å². The zero-order chi connectivity index (χ0) is 37.9. The first-order valence-corrected chi connectivity index (χ1v) is 18.2. The lowest BCUT2D eigenvalue weighted by molar-refractivity contribution is -0.358. The van der Waals surface area contributed by atoms with Crippen LogP contribution in [0.5, 0.6) is 0 Å². The van der Waals surface area contributed by atoms with Crippen LogP contribution in [0.1, 0.15) is 53.4 Å². The summed E-state index contributed by atoms with van der Waals surface area (Å²) in [7, 11) is 6.30. The molecule has 5 saturated heterocycles. The quantitative estimate of drug-likeness (QED) is 0.151. The Morgan fingerprint density at radius 3 is 1.21 bits per heavy atom. The van der Waals surface area contributed by atoms with E-state index in [1.54, 1.807) is 28.3 Å². The normalized spacial score (nSPS) is 50.6. The minimum Gasteiger partial charge on any atom is -0.394 e. The molecule has 5 aliphatic heterocycles. The Morgan fingerprint density at radius 2 is 0.827 bits per heavy atom. The standard InChI is InChI=1S/C34H60O18/c1-14-30(18(40-5)9-23(36)44-14)49-24-10-19(41-6)31(15(2)45-24)50-25-11-20(42-7)32(16(3)46-25)51-26-12-21(43-8)33(17(4)47-26)52-34-29(39)28(38)27(37)22(13-35)48-34/h14-39H,9-13H2,1-8H3/t14-,15-,16-,17-,18+,19+,20-,21+,22-,23-,24+,25+,26+,27-,28+,29-,30-,31-,32-,33-,34+/m1/s1. The molecule has 0 unspecified atom stereocenters. The molecule has 52 heavy (non-hydrogen) atoms.